The number of oxazole rings is 1. The van der Waals surface area contributed by atoms with Gasteiger partial charge in [-0.2, -0.15) is 0 Å². The van der Waals surface area contributed by atoms with Crippen LogP contribution >= 0.6 is 0 Å². The number of aromatic nitrogens is 1. The fraction of sp³-hybridized carbons (Fsp3) is 0.727. The van der Waals surface area contributed by atoms with Gasteiger partial charge in [0.2, 0.25) is 0 Å². The van der Waals surface area contributed by atoms with Gasteiger partial charge in [0.15, 0.2) is 6.39 Å². The van der Waals surface area contributed by atoms with Crippen LogP contribution in [0.15, 0.2) is 17.0 Å². The minimum absolute atomic E-state index is 0.246. The summed E-state index contributed by atoms with van der Waals surface area (Å²) in [6.07, 6.45) is 4.32. The van der Waals surface area contributed by atoms with Gasteiger partial charge < -0.3 is 4.42 Å². The second-order valence-electron chi connectivity index (χ2n) is 4.18. The first-order chi connectivity index (χ1) is 7.29. The van der Waals surface area contributed by atoms with Crippen molar-refractivity contribution in [3.63, 3.8) is 0 Å². The molecule has 84 valence electrons. The third-order valence-electron chi connectivity index (χ3n) is 3.15. The highest BCUT2D eigenvalue weighted by Gasteiger charge is 2.27. The lowest BCUT2D eigenvalue weighted by atomic mass is 9.92. The summed E-state index contributed by atoms with van der Waals surface area (Å²) in [6, 6.07) is 0. The summed E-state index contributed by atoms with van der Waals surface area (Å²) < 4.78 is 18.8. The normalized spacial score (nSPS) is 28.1. The van der Waals surface area contributed by atoms with E-state index in [0.717, 1.165) is 25.1 Å². The van der Waals surface area contributed by atoms with Crippen molar-refractivity contribution in [3.05, 3.63) is 18.4 Å². The van der Waals surface area contributed by atoms with Gasteiger partial charge in [0, 0.05) is 6.54 Å². The number of halogens is 1. The average molecular weight is 212 g/mol. The molecule has 0 bridgehead atoms. The summed E-state index contributed by atoms with van der Waals surface area (Å²) in [5.41, 5.74) is 0. The molecule has 0 aromatic carbocycles. The fourth-order valence-electron chi connectivity index (χ4n) is 2.16. The van der Waals surface area contributed by atoms with Crippen LogP contribution in [-0.2, 0) is 6.54 Å². The number of likely N-dealkylation sites (tertiary alicyclic amines) is 1. The zero-order valence-corrected chi connectivity index (χ0v) is 9.03. The topological polar surface area (TPSA) is 29.3 Å². The summed E-state index contributed by atoms with van der Waals surface area (Å²) in [7, 11) is 0. The summed E-state index contributed by atoms with van der Waals surface area (Å²) in [5, 5.41) is 0. The average Bonchev–Trinajstić information content (AvgIpc) is 2.71. The van der Waals surface area contributed by atoms with Crippen LogP contribution in [0.3, 0.4) is 0 Å². The predicted octanol–water partition coefficient (Wildman–Crippen LogP) is 2.24. The Labute approximate surface area is 89.3 Å². The van der Waals surface area contributed by atoms with Crippen LogP contribution in [0, 0.1) is 5.92 Å². The first kappa shape index (κ1) is 10.6. The van der Waals surface area contributed by atoms with Gasteiger partial charge in [0.05, 0.1) is 12.7 Å². The van der Waals surface area contributed by atoms with E-state index >= 15 is 0 Å². The molecule has 2 atom stereocenters. The molecule has 0 radical (unpaired) electrons. The molecule has 2 rings (SSSR count). The zero-order valence-electron chi connectivity index (χ0n) is 9.03. The first-order valence-electron chi connectivity index (χ1n) is 5.53. The van der Waals surface area contributed by atoms with Gasteiger partial charge in [-0.25, -0.2) is 9.37 Å². The highest BCUT2D eigenvalue weighted by Crippen LogP contribution is 2.24. The Bertz CT molecular complexity index is 289. The molecule has 0 spiro atoms. The molecule has 1 aromatic heterocycles. The van der Waals surface area contributed by atoms with Crippen LogP contribution in [0.4, 0.5) is 4.39 Å². The summed E-state index contributed by atoms with van der Waals surface area (Å²) in [6.45, 7) is 4.22. The van der Waals surface area contributed by atoms with Gasteiger partial charge >= 0.3 is 0 Å². The van der Waals surface area contributed by atoms with Crippen molar-refractivity contribution in [2.45, 2.75) is 32.5 Å². The second kappa shape index (κ2) is 4.75. The summed E-state index contributed by atoms with van der Waals surface area (Å²) in [4.78, 5) is 5.95. The summed E-state index contributed by atoms with van der Waals surface area (Å²) >= 11 is 0. The third kappa shape index (κ3) is 2.56. The van der Waals surface area contributed by atoms with Gasteiger partial charge in [-0.15, -0.1) is 0 Å². The lowest BCUT2D eigenvalue weighted by molar-refractivity contribution is 0.0739. The highest BCUT2D eigenvalue weighted by molar-refractivity contribution is 4.90. The van der Waals surface area contributed by atoms with E-state index in [4.69, 9.17) is 4.42 Å². The largest absolute Gasteiger partial charge is 0.447 e. The molecule has 3 nitrogen and oxygen atoms in total. The molecule has 0 saturated carbocycles. The van der Waals surface area contributed by atoms with Crippen molar-refractivity contribution in [2.75, 3.05) is 13.1 Å². The van der Waals surface area contributed by atoms with Crippen molar-refractivity contribution in [2.24, 2.45) is 5.92 Å². The first-order valence-corrected chi connectivity index (χ1v) is 5.53. The Hall–Kier alpha value is -0.900. The monoisotopic (exact) mass is 212 g/mol. The van der Waals surface area contributed by atoms with Crippen molar-refractivity contribution >= 4 is 0 Å². The molecule has 2 heterocycles. The Kier molecular flexibility index (Phi) is 3.36. The van der Waals surface area contributed by atoms with Crippen LogP contribution in [0.5, 0.6) is 0 Å². The van der Waals surface area contributed by atoms with Crippen LogP contribution < -0.4 is 0 Å². The van der Waals surface area contributed by atoms with E-state index in [0.29, 0.717) is 13.1 Å². The van der Waals surface area contributed by atoms with Crippen molar-refractivity contribution in [3.8, 4) is 0 Å². The fourth-order valence-corrected chi connectivity index (χ4v) is 2.16. The van der Waals surface area contributed by atoms with Crippen molar-refractivity contribution in [1.29, 1.82) is 0 Å². The van der Waals surface area contributed by atoms with E-state index < -0.39 is 6.17 Å². The van der Waals surface area contributed by atoms with Gasteiger partial charge in [-0.3, -0.25) is 4.90 Å². The molecule has 0 aliphatic carbocycles. The third-order valence-corrected chi connectivity index (χ3v) is 3.15. The van der Waals surface area contributed by atoms with Gasteiger partial charge in [0.25, 0.3) is 0 Å². The maximum atomic E-state index is 13.6. The van der Waals surface area contributed by atoms with E-state index in [1.807, 2.05) is 0 Å². The molecule has 1 saturated heterocycles. The zero-order chi connectivity index (χ0) is 10.7. The van der Waals surface area contributed by atoms with Crippen LogP contribution in [0.1, 0.15) is 25.5 Å². The summed E-state index contributed by atoms with van der Waals surface area (Å²) in [5.74, 6) is 1.06. The molecule has 1 aromatic rings. The lowest BCUT2D eigenvalue weighted by Crippen LogP contribution is -2.41. The molecule has 1 aliphatic heterocycles. The van der Waals surface area contributed by atoms with Crippen molar-refractivity contribution in [1.82, 2.24) is 9.88 Å². The quantitative estimate of drug-likeness (QED) is 0.769. The molecule has 0 amide bonds. The predicted molar refractivity (Wildman–Crippen MR) is 55.1 cm³/mol. The number of piperidine rings is 1. The number of nitrogens with zero attached hydrogens (tertiary/aromatic N) is 2. The van der Waals surface area contributed by atoms with Crippen LogP contribution in [0.2, 0.25) is 0 Å². The Morgan fingerprint density at radius 2 is 2.53 bits per heavy atom. The van der Waals surface area contributed by atoms with E-state index in [2.05, 4.69) is 16.8 Å². The number of alkyl halides is 1. The minimum Gasteiger partial charge on any atom is -0.447 e. The molecular weight excluding hydrogens is 195 g/mol. The smallest absolute Gasteiger partial charge is 0.180 e. The molecule has 1 aliphatic rings. The SMILES string of the molecule is CCC1CCN(Cc2cnco2)CC1F. The second-order valence-corrected chi connectivity index (χ2v) is 4.18. The van der Waals surface area contributed by atoms with Crippen LogP contribution in [-0.4, -0.2) is 29.1 Å². The molecule has 0 N–H and O–H groups in total. The number of rotatable bonds is 3. The standard InChI is InChI=1S/C11H17FN2O/c1-2-9-3-4-14(7-11(9)12)6-10-5-13-8-15-10/h5,8-9,11H,2-4,6-7H2,1H3. The maximum absolute atomic E-state index is 13.6. The number of hydrogen-bond acceptors (Lipinski definition) is 3. The molecule has 1 fully saturated rings. The van der Waals surface area contributed by atoms with E-state index in [1.165, 1.54) is 6.39 Å². The van der Waals surface area contributed by atoms with E-state index in [1.54, 1.807) is 6.20 Å². The van der Waals surface area contributed by atoms with E-state index in [-0.39, 0.29) is 5.92 Å². The maximum Gasteiger partial charge on any atom is 0.180 e. The van der Waals surface area contributed by atoms with Crippen LogP contribution in [0.25, 0.3) is 0 Å². The van der Waals surface area contributed by atoms with Gasteiger partial charge in [-0.05, 0) is 18.9 Å². The van der Waals surface area contributed by atoms with E-state index in [9.17, 15) is 4.39 Å². The Morgan fingerprint density at radius 1 is 1.67 bits per heavy atom. The van der Waals surface area contributed by atoms with Gasteiger partial charge in [0.1, 0.15) is 11.9 Å². The highest BCUT2D eigenvalue weighted by atomic mass is 19.1. The Morgan fingerprint density at radius 3 is 3.13 bits per heavy atom. The number of hydrogen-bond donors (Lipinski definition) is 0. The minimum atomic E-state index is -0.688. The molecule has 2 unspecified atom stereocenters. The molecule has 4 heteroatoms. The Balaban J connectivity index is 1.86. The van der Waals surface area contributed by atoms with Crippen molar-refractivity contribution < 1.29 is 8.81 Å². The lowest BCUT2D eigenvalue weighted by Gasteiger charge is -2.33. The molecule has 15 heavy (non-hydrogen) atoms. The van der Waals surface area contributed by atoms with Gasteiger partial charge in [-0.1, -0.05) is 13.3 Å². The molecular formula is C11H17FN2O.